The third kappa shape index (κ3) is 3.45. The average Bonchev–Trinajstić information content (AvgIpc) is 2.81. The Bertz CT molecular complexity index is 429. The van der Waals surface area contributed by atoms with Crippen LogP contribution in [0.2, 0.25) is 0 Å². The standard InChI is InChI=1S/C14H20N2OS2/c17-14(15-11-4-2-1-3-5-11)16-13-8-10-6-7-18-9-12(10)19-13/h8,11H,1-7,9H2,(H2,15,16,17). The average molecular weight is 296 g/mol. The number of aryl methyl sites for hydroxylation is 1. The second kappa shape index (κ2) is 6.18. The molecule has 0 radical (unpaired) electrons. The maximum absolute atomic E-state index is 12.0. The smallest absolute Gasteiger partial charge is 0.320 e. The van der Waals surface area contributed by atoms with Crippen LogP contribution < -0.4 is 10.6 Å². The number of anilines is 1. The van der Waals surface area contributed by atoms with Crippen molar-refractivity contribution in [1.82, 2.24) is 5.32 Å². The van der Waals surface area contributed by atoms with Gasteiger partial charge in [0.05, 0.1) is 5.00 Å². The molecule has 2 aliphatic rings. The molecule has 1 aliphatic heterocycles. The lowest BCUT2D eigenvalue weighted by molar-refractivity contribution is 0.244. The van der Waals surface area contributed by atoms with E-state index >= 15 is 0 Å². The molecule has 1 saturated carbocycles. The normalized spacial score (nSPS) is 19.8. The lowest BCUT2D eigenvalue weighted by Gasteiger charge is -2.22. The number of amides is 2. The number of carbonyl (C=O) groups is 1. The molecule has 0 atom stereocenters. The predicted octanol–water partition coefficient (Wildman–Crippen LogP) is 3.99. The fraction of sp³-hybridized carbons (Fsp3) is 0.643. The third-order valence-corrected chi connectivity index (χ3v) is 6.08. The Morgan fingerprint density at radius 3 is 2.89 bits per heavy atom. The first-order valence-electron chi connectivity index (χ1n) is 7.08. The summed E-state index contributed by atoms with van der Waals surface area (Å²) in [7, 11) is 0. The molecule has 1 aliphatic carbocycles. The summed E-state index contributed by atoms with van der Waals surface area (Å²) in [5.41, 5.74) is 1.43. The van der Waals surface area contributed by atoms with E-state index < -0.39 is 0 Å². The van der Waals surface area contributed by atoms with E-state index in [0.29, 0.717) is 6.04 Å². The molecule has 1 aromatic rings. The van der Waals surface area contributed by atoms with Crippen LogP contribution in [0, 0.1) is 0 Å². The topological polar surface area (TPSA) is 41.1 Å². The predicted molar refractivity (Wildman–Crippen MR) is 83.2 cm³/mol. The van der Waals surface area contributed by atoms with Crippen molar-refractivity contribution in [2.45, 2.75) is 50.3 Å². The molecule has 0 saturated heterocycles. The number of hydrogen-bond acceptors (Lipinski definition) is 3. The number of hydrogen-bond donors (Lipinski definition) is 2. The van der Waals surface area contributed by atoms with Crippen molar-refractivity contribution in [3.63, 3.8) is 0 Å². The maximum Gasteiger partial charge on any atom is 0.320 e. The van der Waals surface area contributed by atoms with Gasteiger partial charge in [0.2, 0.25) is 0 Å². The van der Waals surface area contributed by atoms with Crippen LogP contribution in [0.15, 0.2) is 6.07 Å². The summed E-state index contributed by atoms with van der Waals surface area (Å²) in [5, 5.41) is 7.11. The minimum Gasteiger partial charge on any atom is -0.335 e. The fourth-order valence-electron chi connectivity index (χ4n) is 2.79. The van der Waals surface area contributed by atoms with Gasteiger partial charge in [-0.1, -0.05) is 19.3 Å². The number of carbonyl (C=O) groups excluding carboxylic acids is 1. The van der Waals surface area contributed by atoms with Gasteiger partial charge in [-0.3, -0.25) is 5.32 Å². The Labute approximate surface area is 122 Å². The molecule has 2 amide bonds. The second-order valence-corrected chi connectivity index (χ2v) is 7.54. The van der Waals surface area contributed by atoms with Crippen LogP contribution in [0.5, 0.6) is 0 Å². The quantitative estimate of drug-likeness (QED) is 0.866. The van der Waals surface area contributed by atoms with Crippen LogP contribution in [-0.4, -0.2) is 17.8 Å². The largest absolute Gasteiger partial charge is 0.335 e. The number of thiophene rings is 1. The zero-order valence-corrected chi connectivity index (χ0v) is 12.7. The first-order valence-corrected chi connectivity index (χ1v) is 9.05. The third-order valence-electron chi connectivity index (χ3n) is 3.82. The molecule has 3 rings (SSSR count). The van der Waals surface area contributed by atoms with E-state index in [2.05, 4.69) is 16.7 Å². The van der Waals surface area contributed by atoms with E-state index in [1.807, 2.05) is 11.8 Å². The zero-order valence-electron chi connectivity index (χ0n) is 11.0. The van der Waals surface area contributed by atoms with E-state index in [-0.39, 0.29) is 6.03 Å². The fourth-order valence-corrected chi connectivity index (χ4v) is 5.06. The Balaban J connectivity index is 1.55. The Hall–Kier alpha value is -0.680. The summed E-state index contributed by atoms with van der Waals surface area (Å²) < 4.78 is 0. The van der Waals surface area contributed by atoms with Crippen molar-refractivity contribution >= 4 is 34.1 Å². The second-order valence-electron chi connectivity index (χ2n) is 5.30. The van der Waals surface area contributed by atoms with Crippen LogP contribution in [0.3, 0.4) is 0 Å². The molecule has 0 bridgehead atoms. The minimum atomic E-state index is -0.0295. The van der Waals surface area contributed by atoms with E-state index in [1.165, 1.54) is 35.5 Å². The molecule has 1 aromatic heterocycles. The number of rotatable bonds is 2. The first kappa shape index (κ1) is 13.3. The molecule has 3 nitrogen and oxygen atoms in total. The number of urea groups is 1. The summed E-state index contributed by atoms with van der Waals surface area (Å²) >= 11 is 3.71. The van der Waals surface area contributed by atoms with Crippen molar-refractivity contribution in [2.24, 2.45) is 0 Å². The van der Waals surface area contributed by atoms with Gasteiger partial charge in [-0.15, -0.1) is 11.3 Å². The molecule has 5 heteroatoms. The Morgan fingerprint density at radius 2 is 2.11 bits per heavy atom. The van der Waals surface area contributed by atoms with E-state index in [4.69, 9.17) is 0 Å². The Morgan fingerprint density at radius 1 is 1.26 bits per heavy atom. The monoisotopic (exact) mass is 296 g/mol. The van der Waals surface area contributed by atoms with Gasteiger partial charge >= 0.3 is 6.03 Å². The van der Waals surface area contributed by atoms with Gasteiger partial charge in [0, 0.05) is 16.7 Å². The summed E-state index contributed by atoms with van der Waals surface area (Å²) in [6.45, 7) is 0. The summed E-state index contributed by atoms with van der Waals surface area (Å²) in [6.07, 6.45) is 7.21. The molecular formula is C14H20N2OS2. The highest BCUT2D eigenvalue weighted by atomic mass is 32.2. The summed E-state index contributed by atoms with van der Waals surface area (Å²) in [6, 6.07) is 2.50. The molecule has 104 valence electrons. The number of thioether (sulfide) groups is 1. The minimum absolute atomic E-state index is 0.0295. The maximum atomic E-state index is 12.0. The van der Waals surface area contributed by atoms with Crippen LogP contribution >= 0.6 is 23.1 Å². The van der Waals surface area contributed by atoms with Gasteiger partial charge in [0.25, 0.3) is 0 Å². The van der Waals surface area contributed by atoms with Gasteiger partial charge in [-0.05, 0) is 36.6 Å². The van der Waals surface area contributed by atoms with Crippen molar-refractivity contribution in [3.8, 4) is 0 Å². The molecule has 0 unspecified atom stereocenters. The molecule has 0 aromatic carbocycles. The van der Waals surface area contributed by atoms with Crippen molar-refractivity contribution < 1.29 is 4.79 Å². The van der Waals surface area contributed by atoms with Gasteiger partial charge in [-0.2, -0.15) is 11.8 Å². The lowest BCUT2D eigenvalue weighted by Crippen LogP contribution is -2.38. The Kier molecular flexibility index (Phi) is 4.33. The van der Waals surface area contributed by atoms with Crippen molar-refractivity contribution in [2.75, 3.05) is 11.1 Å². The zero-order chi connectivity index (χ0) is 13.1. The van der Waals surface area contributed by atoms with E-state index in [9.17, 15) is 4.79 Å². The summed E-state index contributed by atoms with van der Waals surface area (Å²) in [4.78, 5) is 13.4. The van der Waals surface area contributed by atoms with Crippen LogP contribution in [0.1, 0.15) is 42.5 Å². The van der Waals surface area contributed by atoms with Crippen molar-refractivity contribution in [1.29, 1.82) is 0 Å². The first-order chi connectivity index (χ1) is 9.31. The van der Waals surface area contributed by atoms with Crippen LogP contribution in [0.25, 0.3) is 0 Å². The SMILES string of the molecule is O=C(Nc1cc2c(s1)CSCC2)NC1CCCCC1. The molecule has 2 N–H and O–H groups in total. The highest BCUT2D eigenvalue weighted by Crippen LogP contribution is 2.34. The summed E-state index contributed by atoms with van der Waals surface area (Å²) in [5.74, 6) is 2.31. The van der Waals surface area contributed by atoms with Gasteiger partial charge in [0.15, 0.2) is 0 Å². The van der Waals surface area contributed by atoms with Gasteiger partial charge < -0.3 is 5.32 Å². The van der Waals surface area contributed by atoms with Crippen LogP contribution in [0.4, 0.5) is 9.80 Å². The molecule has 1 fully saturated rings. The number of fused-ring (bicyclic) bond motifs is 1. The van der Waals surface area contributed by atoms with E-state index in [1.54, 1.807) is 11.3 Å². The van der Waals surface area contributed by atoms with Crippen LogP contribution in [-0.2, 0) is 12.2 Å². The van der Waals surface area contributed by atoms with E-state index in [0.717, 1.165) is 30.0 Å². The van der Waals surface area contributed by atoms with Gasteiger partial charge in [0.1, 0.15) is 0 Å². The molecule has 2 heterocycles. The highest BCUT2D eigenvalue weighted by molar-refractivity contribution is 7.98. The molecular weight excluding hydrogens is 276 g/mol. The molecule has 0 spiro atoms. The van der Waals surface area contributed by atoms with Gasteiger partial charge in [-0.25, -0.2) is 4.79 Å². The molecule has 19 heavy (non-hydrogen) atoms. The number of nitrogens with one attached hydrogen (secondary N) is 2. The lowest BCUT2D eigenvalue weighted by atomic mass is 9.96. The highest BCUT2D eigenvalue weighted by Gasteiger charge is 2.18. The van der Waals surface area contributed by atoms with Crippen molar-refractivity contribution in [3.05, 3.63) is 16.5 Å².